The zero-order chi connectivity index (χ0) is 18.2. The zero-order valence-corrected chi connectivity index (χ0v) is 15.7. The van der Waals surface area contributed by atoms with E-state index in [4.69, 9.17) is 5.11 Å². The minimum absolute atomic E-state index is 0.234. The van der Waals surface area contributed by atoms with Crippen LogP contribution < -0.4 is 15.9 Å². The number of hydrogen-bond donors (Lipinski definition) is 1. The Kier molecular flexibility index (Phi) is 6.20. The van der Waals surface area contributed by atoms with Gasteiger partial charge in [-0.3, -0.25) is 4.79 Å². The highest BCUT2D eigenvalue weighted by molar-refractivity contribution is 7.95. The quantitative estimate of drug-likeness (QED) is 0.480. The number of aliphatic carboxylic acids is 1. The third-order valence-corrected chi connectivity index (χ3v) is 9.25. The smallest absolute Gasteiger partial charge is 0.303 e. The van der Waals surface area contributed by atoms with Gasteiger partial charge in [-0.1, -0.05) is 91.0 Å². The van der Waals surface area contributed by atoms with Gasteiger partial charge in [0.05, 0.1) is 0 Å². The van der Waals surface area contributed by atoms with Crippen molar-refractivity contribution in [2.75, 3.05) is 6.16 Å². The van der Waals surface area contributed by atoms with E-state index in [0.29, 0.717) is 6.42 Å². The largest absolute Gasteiger partial charge is 0.481 e. The fourth-order valence-electron chi connectivity index (χ4n) is 3.51. The molecular weight excluding hydrogens is 339 g/mol. The normalized spacial score (nSPS) is 11.2. The van der Waals surface area contributed by atoms with Crippen molar-refractivity contribution in [1.82, 2.24) is 0 Å². The summed E-state index contributed by atoms with van der Waals surface area (Å²) in [6.07, 6.45) is 2.83. The first-order chi connectivity index (χ1) is 12.7. The predicted octanol–water partition coefficient (Wildman–Crippen LogP) is 4.24. The maximum Gasteiger partial charge on any atom is 0.303 e. The molecule has 133 valence electrons. The van der Waals surface area contributed by atoms with E-state index in [0.717, 1.165) is 12.6 Å². The summed E-state index contributed by atoms with van der Waals surface area (Å²) in [6.45, 7) is 0. The van der Waals surface area contributed by atoms with Crippen LogP contribution in [0.5, 0.6) is 0 Å². The first kappa shape index (κ1) is 18.4. The van der Waals surface area contributed by atoms with Gasteiger partial charge < -0.3 is 5.11 Å². The monoisotopic (exact) mass is 363 g/mol. The molecule has 0 fully saturated rings. The third-order valence-electron chi connectivity index (χ3n) is 4.73. The number of carboxylic acid groups (broad SMARTS) is 1. The summed E-state index contributed by atoms with van der Waals surface area (Å²) in [6, 6.07) is 32.2. The summed E-state index contributed by atoms with van der Waals surface area (Å²) in [5.41, 5.74) is 0. The SMILES string of the molecule is O=C(O)CCCC[P](c1ccccc1)(c1ccccc1)c1ccccc1. The van der Waals surface area contributed by atoms with E-state index in [2.05, 4.69) is 91.0 Å². The molecular formula is C23H24O2P. The second-order valence-corrected chi connectivity index (χ2v) is 10.0. The van der Waals surface area contributed by atoms with Gasteiger partial charge in [-0.2, -0.15) is 0 Å². The molecule has 3 aromatic rings. The Morgan fingerprint density at radius 1 is 0.654 bits per heavy atom. The van der Waals surface area contributed by atoms with E-state index in [-0.39, 0.29) is 6.42 Å². The number of carbonyl (C=O) groups is 1. The van der Waals surface area contributed by atoms with Crippen LogP contribution in [0.1, 0.15) is 19.3 Å². The molecule has 0 saturated heterocycles. The van der Waals surface area contributed by atoms with Crippen LogP contribution in [0.4, 0.5) is 0 Å². The average molecular weight is 363 g/mol. The highest BCUT2D eigenvalue weighted by atomic mass is 31.2. The van der Waals surface area contributed by atoms with Gasteiger partial charge >= 0.3 is 5.97 Å². The van der Waals surface area contributed by atoms with Crippen molar-refractivity contribution < 1.29 is 9.90 Å². The number of benzene rings is 3. The van der Waals surface area contributed by atoms with Crippen LogP contribution in [0.2, 0.25) is 0 Å². The summed E-state index contributed by atoms with van der Waals surface area (Å²) in [5, 5.41) is 13.1. The Bertz CT molecular complexity index is 720. The Morgan fingerprint density at radius 3 is 1.38 bits per heavy atom. The summed E-state index contributed by atoms with van der Waals surface area (Å²) in [7, 11) is -1.81. The summed E-state index contributed by atoms with van der Waals surface area (Å²) in [4.78, 5) is 10.9. The van der Waals surface area contributed by atoms with E-state index in [9.17, 15) is 4.79 Å². The first-order valence-electron chi connectivity index (χ1n) is 9.00. The molecule has 0 bridgehead atoms. The van der Waals surface area contributed by atoms with Gasteiger partial charge in [-0.05, 0) is 42.2 Å². The molecule has 1 N–H and O–H groups in total. The fraction of sp³-hybridized carbons (Fsp3) is 0.174. The second kappa shape index (κ2) is 8.78. The maximum absolute atomic E-state index is 10.9. The van der Waals surface area contributed by atoms with Crippen molar-refractivity contribution in [3.63, 3.8) is 0 Å². The molecule has 0 aromatic heterocycles. The van der Waals surface area contributed by atoms with Gasteiger partial charge in [0.15, 0.2) is 0 Å². The first-order valence-corrected chi connectivity index (χ1v) is 11.0. The minimum Gasteiger partial charge on any atom is -0.481 e. The Morgan fingerprint density at radius 2 is 1.04 bits per heavy atom. The Hall–Kier alpha value is -2.44. The van der Waals surface area contributed by atoms with Crippen molar-refractivity contribution in [1.29, 1.82) is 0 Å². The van der Waals surface area contributed by atoms with Crippen molar-refractivity contribution in [3.05, 3.63) is 91.0 Å². The molecule has 0 spiro atoms. The van der Waals surface area contributed by atoms with Crippen molar-refractivity contribution in [2.45, 2.75) is 19.3 Å². The topological polar surface area (TPSA) is 37.3 Å². The van der Waals surface area contributed by atoms with Gasteiger partial charge in [0.1, 0.15) is 0 Å². The summed E-state index contributed by atoms with van der Waals surface area (Å²) in [5.74, 6) is -0.715. The molecule has 0 aliphatic carbocycles. The third kappa shape index (κ3) is 4.03. The molecule has 0 atom stereocenters. The molecule has 2 nitrogen and oxygen atoms in total. The fourth-order valence-corrected chi connectivity index (χ4v) is 7.92. The molecule has 0 amide bonds. The van der Waals surface area contributed by atoms with Crippen LogP contribution in [0, 0.1) is 0 Å². The molecule has 0 aliphatic heterocycles. The van der Waals surface area contributed by atoms with Crippen LogP contribution in [-0.2, 0) is 4.79 Å². The lowest BCUT2D eigenvalue weighted by atomic mass is 10.2. The minimum atomic E-state index is -1.81. The number of rotatable bonds is 8. The van der Waals surface area contributed by atoms with Gasteiger partial charge in [0, 0.05) is 6.42 Å². The van der Waals surface area contributed by atoms with Gasteiger partial charge in [0.25, 0.3) is 0 Å². The standard InChI is InChI=1S/C23H24O2P/c24-23(25)18-10-11-19-26(20-12-4-1-5-13-20,21-14-6-2-7-15-21)22-16-8-3-9-17-22/h1-9,12-17H,10-11,18-19H2,(H,24,25). The summed E-state index contributed by atoms with van der Waals surface area (Å²) < 4.78 is 0. The zero-order valence-electron chi connectivity index (χ0n) is 14.8. The predicted molar refractivity (Wildman–Crippen MR) is 112 cm³/mol. The van der Waals surface area contributed by atoms with Crippen LogP contribution in [0.25, 0.3) is 0 Å². The lowest BCUT2D eigenvalue weighted by molar-refractivity contribution is -0.137. The Balaban J connectivity index is 2.10. The molecule has 0 aliphatic rings. The van der Waals surface area contributed by atoms with E-state index in [1.165, 1.54) is 15.9 Å². The van der Waals surface area contributed by atoms with Crippen LogP contribution in [-0.4, -0.2) is 17.2 Å². The van der Waals surface area contributed by atoms with Crippen molar-refractivity contribution in [3.8, 4) is 0 Å². The lowest BCUT2D eigenvalue weighted by Crippen LogP contribution is -2.33. The molecule has 1 radical (unpaired) electrons. The number of unbranched alkanes of at least 4 members (excludes halogenated alkanes) is 1. The molecule has 26 heavy (non-hydrogen) atoms. The van der Waals surface area contributed by atoms with Crippen LogP contribution in [0.15, 0.2) is 91.0 Å². The highest BCUT2D eigenvalue weighted by Crippen LogP contribution is 2.55. The van der Waals surface area contributed by atoms with Gasteiger partial charge in [-0.25, -0.2) is 0 Å². The van der Waals surface area contributed by atoms with E-state index >= 15 is 0 Å². The molecule has 0 heterocycles. The van der Waals surface area contributed by atoms with Crippen molar-refractivity contribution in [2.24, 2.45) is 0 Å². The van der Waals surface area contributed by atoms with Gasteiger partial charge in [0.2, 0.25) is 0 Å². The van der Waals surface area contributed by atoms with Crippen LogP contribution >= 0.6 is 7.26 Å². The molecule has 0 unspecified atom stereocenters. The highest BCUT2D eigenvalue weighted by Gasteiger charge is 2.33. The summed E-state index contributed by atoms with van der Waals surface area (Å²) >= 11 is 0. The molecule has 3 aromatic carbocycles. The second-order valence-electron chi connectivity index (χ2n) is 6.39. The maximum atomic E-state index is 10.9. The number of hydrogen-bond acceptors (Lipinski definition) is 1. The molecule has 3 rings (SSSR count). The lowest BCUT2D eigenvalue weighted by Gasteiger charge is -2.38. The number of carboxylic acids is 1. The average Bonchev–Trinajstić information content (AvgIpc) is 2.70. The molecule has 3 heteroatoms. The van der Waals surface area contributed by atoms with E-state index in [1.807, 2.05) is 0 Å². The van der Waals surface area contributed by atoms with Crippen LogP contribution in [0.3, 0.4) is 0 Å². The van der Waals surface area contributed by atoms with E-state index in [1.54, 1.807) is 0 Å². The van der Waals surface area contributed by atoms with E-state index < -0.39 is 13.2 Å². The van der Waals surface area contributed by atoms with Gasteiger partial charge in [-0.15, -0.1) is 0 Å². The molecule has 0 saturated carbocycles. The van der Waals surface area contributed by atoms with Crippen molar-refractivity contribution >= 4 is 29.1 Å². The Labute approximate surface area is 155 Å².